The molecule has 1 aromatic carbocycles. The number of nitrogens with zero attached hydrogens (tertiary/aromatic N) is 3. The lowest BCUT2D eigenvalue weighted by molar-refractivity contribution is 0.340. The average molecular weight is 429 g/mol. The van der Waals surface area contributed by atoms with Gasteiger partial charge in [-0.15, -0.1) is 10.2 Å². The molecular formula is C20H24N6O3S. The quantitative estimate of drug-likeness (QED) is 0.422. The Balaban J connectivity index is 1.46. The third-order valence-corrected chi connectivity index (χ3v) is 5.48. The van der Waals surface area contributed by atoms with Crippen LogP contribution >= 0.6 is 0 Å². The van der Waals surface area contributed by atoms with Crippen LogP contribution in [0.25, 0.3) is 0 Å². The number of sulfonamides is 1. The maximum absolute atomic E-state index is 12.3. The largest absolute Gasteiger partial charge is 0.494 e. The number of aryl methyl sites for hydroxylation is 1. The van der Waals surface area contributed by atoms with E-state index in [0.29, 0.717) is 36.4 Å². The van der Waals surface area contributed by atoms with Crippen molar-refractivity contribution >= 4 is 27.5 Å². The molecule has 0 bridgehead atoms. The zero-order chi connectivity index (χ0) is 21.4. The summed E-state index contributed by atoms with van der Waals surface area (Å²) in [4.78, 5) is 4.44. The molecule has 10 heteroatoms. The minimum Gasteiger partial charge on any atom is -0.494 e. The Bertz CT molecular complexity index is 1040. The molecule has 3 rings (SSSR count). The van der Waals surface area contributed by atoms with Crippen LogP contribution in [0.15, 0.2) is 59.6 Å². The highest BCUT2D eigenvalue weighted by atomic mass is 32.2. The number of hydrogen-bond donors (Lipinski definition) is 3. The molecule has 3 aromatic rings. The summed E-state index contributed by atoms with van der Waals surface area (Å²) in [6, 6.07) is 13.6. The Hall–Kier alpha value is -3.24. The third-order valence-electron chi connectivity index (χ3n) is 4.00. The second-order valence-corrected chi connectivity index (χ2v) is 8.15. The van der Waals surface area contributed by atoms with Crippen LogP contribution in [-0.2, 0) is 10.0 Å². The molecule has 30 heavy (non-hydrogen) atoms. The molecule has 0 aliphatic heterocycles. The smallest absolute Gasteiger partial charge is 0.240 e. The zero-order valence-electron chi connectivity index (χ0n) is 16.8. The highest BCUT2D eigenvalue weighted by Crippen LogP contribution is 2.16. The fourth-order valence-corrected chi connectivity index (χ4v) is 3.54. The topological polar surface area (TPSA) is 118 Å². The minimum atomic E-state index is -3.59. The van der Waals surface area contributed by atoms with E-state index in [1.54, 1.807) is 30.5 Å². The fourth-order valence-electron chi connectivity index (χ4n) is 2.51. The summed E-state index contributed by atoms with van der Waals surface area (Å²) >= 11 is 0. The average Bonchev–Trinajstić information content (AvgIpc) is 2.75. The molecule has 0 saturated carbocycles. The van der Waals surface area contributed by atoms with E-state index in [0.717, 1.165) is 5.56 Å². The highest BCUT2D eigenvalue weighted by molar-refractivity contribution is 7.89. The summed E-state index contributed by atoms with van der Waals surface area (Å²) < 4.78 is 32.5. The number of benzene rings is 1. The zero-order valence-corrected chi connectivity index (χ0v) is 17.6. The lowest BCUT2D eigenvalue weighted by atomic mass is 10.3. The predicted molar refractivity (Wildman–Crippen MR) is 116 cm³/mol. The molecule has 9 nitrogen and oxygen atoms in total. The number of pyridine rings is 1. The van der Waals surface area contributed by atoms with Crippen LogP contribution in [0, 0.1) is 6.92 Å². The number of anilines is 3. The van der Waals surface area contributed by atoms with Crippen molar-refractivity contribution in [3.63, 3.8) is 0 Å². The number of aromatic nitrogens is 3. The molecule has 0 amide bonds. The van der Waals surface area contributed by atoms with Crippen molar-refractivity contribution in [2.45, 2.75) is 18.7 Å². The van der Waals surface area contributed by atoms with Crippen molar-refractivity contribution in [1.29, 1.82) is 0 Å². The van der Waals surface area contributed by atoms with Crippen LogP contribution in [-0.4, -0.2) is 43.3 Å². The lowest BCUT2D eigenvalue weighted by Gasteiger charge is -2.09. The van der Waals surface area contributed by atoms with E-state index in [1.165, 1.54) is 12.1 Å². The van der Waals surface area contributed by atoms with Crippen molar-refractivity contribution in [2.75, 3.05) is 30.3 Å². The van der Waals surface area contributed by atoms with E-state index in [2.05, 4.69) is 30.5 Å². The maximum atomic E-state index is 12.3. The summed E-state index contributed by atoms with van der Waals surface area (Å²) in [6.07, 6.45) is 1.76. The Morgan fingerprint density at radius 2 is 1.60 bits per heavy atom. The molecule has 0 fully saturated rings. The van der Waals surface area contributed by atoms with E-state index >= 15 is 0 Å². The Kier molecular flexibility index (Phi) is 7.15. The van der Waals surface area contributed by atoms with Crippen molar-refractivity contribution < 1.29 is 13.2 Å². The van der Waals surface area contributed by atoms with Crippen LogP contribution < -0.4 is 20.1 Å². The first kappa shape index (κ1) is 21.5. The van der Waals surface area contributed by atoms with E-state index in [1.807, 2.05) is 26.0 Å². The molecule has 158 valence electrons. The van der Waals surface area contributed by atoms with Gasteiger partial charge in [-0.3, -0.25) is 0 Å². The number of rotatable bonds is 10. The van der Waals surface area contributed by atoms with Crippen molar-refractivity contribution in [2.24, 2.45) is 0 Å². The van der Waals surface area contributed by atoms with Gasteiger partial charge in [-0.1, -0.05) is 6.07 Å². The highest BCUT2D eigenvalue weighted by Gasteiger charge is 2.13. The first-order chi connectivity index (χ1) is 14.5. The number of hydrogen-bond acceptors (Lipinski definition) is 8. The second kappa shape index (κ2) is 9.99. The molecule has 2 aromatic heterocycles. The van der Waals surface area contributed by atoms with Crippen LogP contribution in [0.4, 0.5) is 17.5 Å². The first-order valence-electron chi connectivity index (χ1n) is 9.46. The fraction of sp³-hybridized carbons (Fsp3) is 0.250. The van der Waals surface area contributed by atoms with Gasteiger partial charge in [-0.05, 0) is 61.9 Å². The van der Waals surface area contributed by atoms with Gasteiger partial charge in [0.15, 0.2) is 5.82 Å². The molecule has 2 heterocycles. The van der Waals surface area contributed by atoms with E-state index in [4.69, 9.17) is 4.74 Å². The van der Waals surface area contributed by atoms with Gasteiger partial charge < -0.3 is 15.4 Å². The summed E-state index contributed by atoms with van der Waals surface area (Å²) in [7, 11) is -3.59. The van der Waals surface area contributed by atoms with Gasteiger partial charge in [0.25, 0.3) is 0 Å². The molecular weight excluding hydrogens is 404 g/mol. The molecule has 0 spiro atoms. The van der Waals surface area contributed by atoms with Gasteiger partial charge in [0.05, 0.1) is 11.5 Å². The molecule has 0 aliphatic rings. The monoisotopic (exact) mass is 428 g/mol. The maximum Gasteiger partial charge on any atom is 0.240 e. The van der Waals surface area contributed by atoms with Crippen LogP contribution in [0.2, 0.25) is 0 Å². The van der Waals surface area contributed by atoms with Crippen molar-refractivity contribution in [1.82, 2.24) is 19.9 Å². The summed E-state index contributed by atoms with van der Waals surface area (Å²) in [5.41, 5.74) is 1.07. The predicted octanol–water partition coefficient (Wildman–Crippen LogP) is 2.71. The van der Waals surface area contributed by atoms with Gasteiger partial charge in [0.1, 0.15) is 17.4 Å². The van der Waals surface area contributed by atoms with E-state index in [9.17, 15) is 8.42 Å². The molecule has 0 unspecified atom stereocenters. The number of nitrogens with one attached hydrogen (secondary N) is 3. The number of ether oxygens (including phenoxy) is 1. The molecule has 0 saturated heterocycles. The van der Waals surface area contributed by atoms with Crippen LogP contribution in [0.5, 0.6) is 5.75 Å². The summed E-state index contributed by atoms with van der Waals surface area (Å²) in [5, 5.41) is 14.2. The SMILES string of the molecule is CCOc1ccc(S(=O)(=O)NCCNc2ccc(Nc3ccc(C)cn3)nn2)cc1. The van der Waals surface area contributed by atoms with Gasteiger partial charge in [-0.2, -0.15) is 0 Å². The molecule has 0 radical (unpaired) electrons. The van der Waals surface area contributed by atoms with Crippen LogP contribution in [0.3, 0.4) is 0 Å². The van der Waals surface area contributed by atoms with Crippen LogP contribution in [0.1, 0.15) is 12.5 Å². The van der Waals surface area contributed by atoms with Gasteiger partial charge in [0, 0.05) is 19.3 Å². The minimum absolute atomic E-state index is 0.186. The van der Waals surface area contributed by atoms with Gasteiger partial charge >= 0.3 is 0 Å². The Labute approximate surface area is 176 Å². The van der Waals surface area contributed by atoms with Crippen molar-refractivity contribution in [3.8, 4) is 5.75 Å². The second-order valence-electron chi connectivity index (χ2n) is 6.38. The van der Waals surface area contributed by atoms with E-state index < -0.39 is 10.0 Å². The standard InChI is InChI=1S/C20H24N6O3S/c1-3-29-16-5-7-17(8-6-16)30(27,28)23-13-12-21-19-10-11-20(26-25-19)24-18-9-4-15(2)14-22-18/h4-11,14,23H,3,12-13H2,1-2H3,(H,21,25)(H,22,24,26). The Morgan fingerprint density at radius 1 is 0.900 bits per heavy atom. The van der Waals surface area contributed by atoms with Crippen molar-refractivity contribution in [3.05, 3.63) is 60.3 Å². The first-order valence-corrected chi connectivity index (χ1v) is 10.9. The normalized spacial score (nSPS) is 11.1. The summed E-state index contributed by atoms with van der Waals surface area (Å²) in [5.74, 6) is 2.41. The summed E-state index contributed by atoms with van der Waals surface area (Å²) in [6.45, 7) is 4.92. The Morgan fingerprint density at radius 3 is 2.23 bits per heavy atom. The molecule has 3 N–H and O–H groups in total. The van der Waals surface area contributed by atoms with Gasteiger partial charge in [-0.25, -0.2) is 18.1 Å². The molecule has 0 aliphatic carbocycles. The van der Waals surface area contributed by atoms with Gasteiger partial charge in [0.2, 0.25) is 10.0 Å². The molecule has 0 atom stereocenters. The third kappa shape index (κ3) is 6.13. The van der Waals surface area contributed by atoms with E-state index in [-0.39, 0.29) is 11.4 Å². The lowest BCUT2D eigenvalue weighted by Crippen LogP contribution is -2.29.